The van der Waals surface area contributed by atoms with Crippen LogP contribution in [0.2, 0.25) is 0 Å². The molecular formula is C20H23N5O2. The molecule has 3 aromatic rings. The van der Waals surface area contributed by atoms with Crippen LogP contribution in [0.25, 0.3) is 5.69 Å². The fourth-order valence-electron chi connectivity index (χ4n) is 2.58. The van der Waals surface area contributed by atoms with E-state index in [1.807, 2.05) is 59.4 Å². The number of rotatable bonds is 7. The highest BCUT2D eigenvalue weighted by atomic mass is 16.5. The van der Waals surface area contributed by atoms with Crippen molar-refractivity contribution >= 4 is 5.96 Å². The van der Waals surface area contributed by atoms with E-state index in [2.05, 4.69) is 15.4 Å². The number of aromatic nitrogens is 2. The van der Waals surface area contributed by atoms with E-state index >= 15 is 0 Å². The van der Waals surface area contributed by atoms with E-state index in [0.29, 0.717) is 30.5 Å². The Kier molecular flexibility index (Phi) is 5.94. The van der Waals surface area contributed by atoms with Gasteiger partial charge in [-0.15, -0.1) is 0 Å². The topological polar surface area (TPSA) is 86.7 Å². The SMILES string of the molecule is COc1ccc(CNC(N)=NCc2cnn(-c3ccccc3)c2)cc1OC. The molecule has 1 heterocycles. The van der Waals surface area contributed by atoms with Gasteiger partial charge in [0.2, 0.25) is 0 Å². The third-order valence-corrected chi connectivity index (χ3v) is 4.01. The average molecular weight is 365 g/mol. The molecule has 0 aliphatic rings. The summed E-state index contributed by atoms with van der Waals surface area (Å²) in [5.41, 5.74) is 8.97. The molecule has 2 aromatic carbocycles. The van der Waals surface area contributed by atoms with Gasteiger partial charge in [-0.05, 0) is 29.8 Å². The molecule has 0 saturated carbocycles. The number of hydrogen-bond donors (Lipinski definition) is 2. The molecule has 0 aliphatic carbocycles. The molecule has 140 valence electrons. The number of nitrogens with zero attached hydrogens (tertiary/aromatic N) is 3. The smallest absolute Gasteiger partial charge is 0.189 e. The molecular weight excluding hydrogens is 342 g/mol. The molecule has 3 rings (SSSR count). The molecule has 0 spiro atoms. The number of ether oxygens (including phenoxy) is 2. The average Bonchev–Trinajstić information content (AvgIpc) is 3.20. The lowest BCUT2D eigenvalue weighted by atomic mass is 10.2. The Balaban J connectivity index is 1.56. The van der Waals surface area contributed by atoms with Crippen LogP contribution in [0.5, 0.6) is 11.5 Å². The zero-order chi connectivity index (χ0) is 19.1. The first-order chi connectivity index (χ1) is 13.2. The minimum absolute atomic E-state index is 0.372. The van der Waals surface area contributed by atoms with Crippen molar-refractivity contribution in [1.29, 1.82) is 0 Å². The number of benzene rings is 2. The number of guanidine groups is 1. The maximum atomic E-state index is 5.97. The van der Waals surface area contributed by atoms with Gasteiger partial charge in [-0.25, -0.2) is 9.67 Å². The summed E-state index contributed by atoms with van der Waals surface area (Å²) < 4.78 is 12.4. The maximum Gasteiger partial charge on any atom is 0.189 e. The van der Waals surface area contributed by atoms with E-state index in [9.17, 15) is 0 Å². The second-order valence-corrected chi connectivity index (χ2v) is 5.87. The monoisotopic (exact) mass is 365 g/mol. The minimum Gasteiger partial charge on any atom is -0.493 e. The zero-order valence-corrected chi connectivity index (χ0v) is 15.4. The van der Waals surface area contributed by atoms with Crippen molar-refractivity contribution in [2.75, 3.05) is 14.2 Å². The molecule has 0 radical (unpaired) electrons. The van der Waals surface area contributed by atoms with Gasteiger partial charge in [-0.3, -0.25) is 0 Å². The molecule has 0 bridgehead atoms. The van der Waals surface area contributed by atoms with Gasteiger partial charge in [0.25, 0.3) is 0 Å². The van der Waals surface area contributed by atoms with Crippen LogP contribution in [0.4, 0.5) is 0 Å². The Morgan fingerprint density at radius 2 is 1.85 bits per heavy atom. The van der Waals surface area contributed by atoms with Crippen molar-refractivity contribution in [3.8, 4) is 17.2 Å². The predicted molar refractivity (Wildman–Crippen MR) is 105 cm³/mol. The Morgan fingerprint density at radius 3 is 2.59 bits per heavy atom. The van der Waals surface area contributed by atoms with Crippen LogP contribution in [-0.4, -0.2) is 30.0 Å². The highest BCUT2D eigenvalue weighted by Gasteiger charge is 2.05. The summed E-state index contributed by atoms with van der Waals surface area (Å²) >= 11 is 0. The normalized spacial score (nSPS) is 11.3. The summed E-state index contributed by atoms with van der Waals surface area (Å²) in [6, 6.07) is 15.6. The lowest BCUT2D eigenvalue weighted by molar-refractivity contribution is 0.354. The fraction of sp³-hybridized carbons (Fsp3) is 0.200. The summed E-state index contributed by atoms with van der Waals surface area (Å²) in [5, 5.41) is 7.45. The first-order valence-corrected chi connectivity index (χ1v) is 8.53. The fourth-order valence-corrected chi connectivity index (χ4v) is 2.58. The van der Waals surface area contributed by atoms with E-state index in [1.165, 1.54) is 0 Å². The van der Waals surface area contributed by atoms with E-state index in [1.54, 1.807) is 20.4 Å². The van der Waals surface area contributed by atoms with Gasteiger partial charge in [0, 0.05) is 18.3 Å². The number of aliphatic imine (C=N–C) groups is 1. The van der Waals surface area contributed by atoms with E-state index < -0.39 is 0 Å². The van der Waals surface area contributed by atoms with Gasteiger partial charge in [-0.2, -0.15) is 5.10 Å². The molecule has 0 amide bonds. The van der Waals surface area contributed by atoms with Crippen LogP contribution in [0, 0.1) is 0 Å². The molecule has 0 unspecified atom stereocenters. The number of para-hydroxylation sites is 1. The standard InChI is InChI=1S/C20H23N5O2/c1-26-18-9-8-15(10-19(18)27-2)11-22-20(21)23-12-16-13-24-25(14-16)17-6-4-3-5-7-17/h3-10,13-14H,11-12H2,1-2H3,(H3,21,22,23). The maximum absolute atomic E-state index is 5.97. The molecule has 0 fully saturated rings. The van der Waals surface area contributed by atoms with Gasteiger partial charge < -0.3 is 20.5 Å². The second kappa shape index (κ2) is 8.75. The van der Waals surface area contributed by atoms with Crippen molar-refractivity contribution in [1.82, 2.24) is 15.1 Å². The number of nitrogens with two attached hydrogens (primary N) is 1. The molecule has 0 atom stereocenters. The second-order valence-electron chi connectivity index (χ2n) is 5.87. The molecule has 0 aliphatic heterocycles. The van der Waals surface area contributed by atoms with Gasteiger partial charge in [-0.1, -0.05) is 24.3 Å². The summed E-state index contributed by atoms with van der Waals surface area (Å²) in [5.74, 6) is 1.75. The van der Waals surface area contributed by atoms with Gasteiger partial charge in [0.05, 0.1) is 32.6 Å². The van der Waals surface area contributed by atoms with Crippen molar-refractivity contribution in [2.24, 2.45) is 10.7 Å². The number of methoxy groups -OCH3 is 2. The van der Waals surface area contributed by atoms with E-state index in [-0.39, 0.29) is 0 Å². The van der Waals surface area contributed by atoms with Gasteiger partial charge in [0.1, 0.15) is 0 Å². The molecule has 7 heteroatoms. The first-order valence-electron chi connectivity index (χ1n) is 8.53. The van der Waals surface area contributed by atoms with E-state index in [0.717, 1.165) is 16.8 Å². The van der Waals surface area contributed by atoms with Crippen molar-refractivity contribution < 1.29 is 9.47 Å². The first kappa shape index (κ1) is 18.3. The number of hydrogen-bond acceptors (Lipinski definition) is 4. The molecule has 1 aromatic heterocycles. The van der Waals surface area contributed by atoms with Crippen LogP contribution < -0.4 is 20.5 Å². The van der Waals surface area contributed by atoms with Crippen LogP contribution in [0.1, 0.15) is 11.1 Å². The third kappa shape index (κ3) is 4.78. The highest BCUT2D eigenvalue weighted by Crippen LogP contribution is 2.27. The van der Waals surface area contributed by atoms with Crippen LogP contribution in [0.15, 0.2) is 65.9 Å². The quantitative estimate of drug-likeness (QED) is 0.496. The molecule has 7 nitrogen and oxygen atoms in total. The zero-order valence-electron chi connectivity index (χ0n) is 15.4. The summed E-state index contributed by atoms with van der Waals surface area (Å²) in [6.07, 6.45) is 3.73. The molecule has 3 N–H and O–H groups in total. The third-order valence-electron chi connectivity index (χ3n) is 4.01. The summed E-state index contributed by atoms with van der Waals surface area (Å²) in [4.78, 5) is 4.37. The van der Waals surface area contributed by atoms with Crippen LogP contribution >= 0.6 is 0 Å². The Morgan fingerprint density at radius 1 is 1.07 bits per heavy atom. The minimum atomic E-state index is 0.372. The molecule has 0 saturated heterocycles. The lowest BCUT2D eigenvalue weighted by Gasteiger charge is -2.10. The van der Waals surface area contributed by atoms with Crippen LogP contribution in [0.3, 0.4) is 0 Å². The Hall–Kier alpha value is -3.48. The van der Waals surface area contributed by atoms with Crippen molar-refractivity contribution in [3.63, 3.8) is 0 Å². The van der Waals surface area contributed by atoms with Gasteiger partial charge in [0.15, 0.2) is 17.5 Å². The van der Waals surface area contributed by atoms with Crippen LogP contribution in [-0.2, 0) is 13.1 Å². The summed E-state index contributed by atoms with van der Waals surface area (Å²) in [6.45, 7) is 0.997. The van der Waals surface area contributed by atoms with E-state index in [4.69, 9.17) is 15.2 Å². The Bertz CT molecular complexity index is 906. The van der Waals surface area contributed by atoms with Crippen molar-refractivity contribution in [2.45, 2.75) is 13.1 Å². The highest BCUT2D eigenvalue weighted by molar-refractivity contribution is 5.77. The Labute approximate surface area is 158 Å². The largest absolute Gasteiger partial charge is 0.493 e. The lowest BCUT2D eigenvalue weighted by Crippen LogP contribution is -2.31. The predicted octanol–water partition coefficient (Wildman–Crippen LogP) is 2.49. The van der Waals surface area contributed by atoms with Gasteiger partial charge >= 0.3 is 0 Å². The summed E-state index contributed by atoms with van der Waals surface area (Å²) in [7, 11) is 3.22. The van der Waals surface area contributed by atoms with Crippen molar-refractivity contribution in [3.05, 3.63) is 72.1 Å². The molecule has 27 heavy (non-hydrogen) atoms. The number of nitrogens with one attached hydrogen (secondary N) is 1.